The molecule has 2 aromatic rings. The molecule has 0 saturated carbocycles. The summed E-state index contributed by atoms with van der Waals surface area (Å²) in [6.45, 7) is 2.27. The molecule has 18 heavy (non-hydrogen) atoms. The summed E-state index contributed by atoms with van der Waals surface area (Å²) in [6, 6.07) is 7.33. The molecule has 0 spiro atoms. The third-order valence-corrected chi connectivity index (χ3v) is 2.40. The Balaban J connectivity index is 2.04. The number of aromatic nitrogens is 2. The molecule has 6 heteroatoms. The Bertz CT molecular complexity index is 533. The van der Waals surface area contributed by atoms with Gasteiger partial charge in [0.15, 0.2) is 5.82 Å². The third kappa shape index (κ3) is 2.92. The topological polar surface area (TPSA) is 94.0 Å². The molecular formula is C12H14N4O2. The minimum atomic E-state index is -0.280. The van der Waals surface area contributed by atoms with Crippen molar-refractivity contribution < 1.29 is 9.32 Å². The van der Waals surface area contributed by atoms with Gasteiger partial charge in [0.25, 0.3) is 5.91 Å². The van der Waals surface area contributed by atoms with E-state index in [1.807, 2.05) is 12.1 Å². The lowest BCUT2D eigenvalue weighted by atomic mass is 10.1. The number of nitrogens with one attached hydrogen (secondary N) is 1. The van der Waals surface area contributed by atoms with Gasteiger partial charge in [0, 0.05) is 5.56 Å². The number of anilines is 1. The van der Waals surface area contributed by atoms with E-state index in [-0.39, 0.29) is 11.9 Å². The second kappa shape index (κ2) is 5.42. The van der Waals surface area contributed by atoms with E-state index in [0.29, 0.717) is 17.9 Å². The smallest absolute Gasteiger partial charge is 0.328 e. The maximum absolute atomic E-state index is 11.8. The van der Waals surface area contributed by atoms with Crippen molar-refractivity contribution in [1.29, 1.82) is 0 Å². The Hall–Kier alpha value is -2.21. The minimum Gasteiger partial charge on any atom is -0.330 e. The van der Waals surface area contributed by atoms with Crippen molar-refractivity contribution in [1.82, 2.24) is 10.1 Å². The molecule has 3 N–H and O–H groups in total. The van der Waals surface area contributed by atoms with Crippen molar-refractivity contribution >= 4 is 11.9 Å². The molecule has 0 aliphatic rings. The van der Waals surface area contributed by atoms with Gasteiger partial charge >= 0.3 is 6.01 Å². The highest BCUT2D eigenvalue weighted by Crippen LogP contribution is 2.08. The first-order valence-corrected chi connectivity index (χ1v) is 5.59. The lowest BCUT2D eigenvalue weighted by Crippen LogP contribution is -2.12. The molecule has 0 saturated heterocycles. The fourth-order valence-electron chi connectivity index (χ4n) is 1.51. The van der Waals surface area contributed by atoms with Crippen molar-refractivity contribution in [3.8, 4) is 0 Å². The monoisotopic (exact) mass is 246 g/mol. The Labute approximate surface area is 104 Å². The van der Waals surface area contributed by atoms with Gasteiger partial charge in [-0.1, -0.05) is 17.3 Å². The molecule has 94 valence electrons. The molecule has 0 bridgehead atoms. The molecule has 2 rings (SSSR count). The number of benzene rings is 1. The molecule has 1 aromatic carbocycles. The summed E-state index contributed by atoms with van der Waals surface area (Å²) in [5, 5.41) is 6.11. The molecular weight excluding hydrogens is 232 g/mol. The molecule has 0 radical (unpaired) electrons. The van der Waals surface area contributed by atoms with Gasteiger partial charge in [-0.25, -0.2) is 0 Å². The lowest BCUT2D eigenvalue weighted by molar-refractivity contribution is 0.102. The van der Waals surface area contributed by atoms with E-state index in [9.17, 15) is 4.79 Å². The van der Waals surface area contributed by atoms with Crippen LogP contribution in [0.25, 0.3) is 0 Å². The highest BCUT2D eigenvalue weighted by molar-refractivity contribution is 6.03. The predicted molar refractivity (Wildman–Crippen MR) is 66.2 cm³/mol. The summed E-state index contributed by atoms with van der Waals surface area (Å²) in [5.74, 6) is 0.196. The van der Waals surface area contributed by atoms with Crippen LogP contribution in [0.2, 0.25) is 0 Å². The van der Waals surface area contributed by atoms with Crippen LogP contribution in [0.15, 0.2) is 28.8 Å². The number of hydrogen-bond acceptors (Lipinski definition) is 5. The molecule has 1 heterocycles. The van der Waals surface area contributed by atoms with E-state index < -0.39 is 0 Å². The van der Waals surface area contributed by atoms with Crippen molar-refractivity contribution in [2.24, 2.45) is 5.73 Å². The summed E-state index contributed by atoms with van der Waals surface area (Å²) < 4.78 is 4.81. The van der Waals surface area contributed by atoms with Gasteiger partial charge in [0.2, 0.25) is 0 Å². The van der Waals surface area contributed by atoms with Crippen LogP contribution in [0.4, 0.5) is 6.01 Å². The predicted octanol–water partition coefficient (Wildman–Crippen LogP) is 1.13. The zero-order valence-electron chi connectivity index (χ0n) is 10.0. The first-order valence-electron chi connectivity index (χ1n) is 5.59. The fourth-order valence-corrected chi connectivity index (χ4v) is 1.51. The maximum atomic E-state index is 11.8. The van der Waals surface area contributed by atoms with Gasteiger partial charge in [-0.2, -0.15) is 4.98 Å². The van der Waals surface area contributed by atoms with E-state index in [1.54, 1.807) is 19.1 Å². The van der Waals surface area contributed by atoms with E-state index in [0.717, 1.165) is 12.0 Å². The largest absolute Gasteiger partial charge is 0.330 e. The van der Waals surface area contributed by atoms with Crippen molar-refractivity contribution in [3.05, 3.63) is 41.2 Å². The van der Waals surface area contributed by atoms with Crippen LogP contribution in [0.3, 0.4) is 0 Å². The number of aryl methyl sites for hydroxylation is 1. The van der Waals surface area contributed by atoms with Crippen LogP contribution in [0, 0.1) is 6.92 Å². The van der Waals surface area contributed by atoms with Gasteiger partial charge in [-0.15, -0.1) is 0 Å². The Morgan fingerprint density at radius 2 is 2.11 bits per heavy atom. The molecule has 1 amide bonds. The average molecular weight is 246 g/mol. The quantitative estimate of drug-likeness (QED) is 0.843. The molecule has 0 aliphatic carbocycles. The molecule has 1 aromatic heterocycles. The van der Waals surface area contributed by atoms with Gasteiger partial charge in [0.05, 0.1) is 0 Å². The number of carbonyl (C=O) groups is 1. The third-order valence-electron chi connectivity index (χ3n) is 2.40. The SMILES string of the molecule is Cc1noc(NC(=O)c2ccc(CCN)cc2)n1. The number of rotatable bonds is 4. The fraction of sp³-hybridized carbons (Fsp3) is 0.250. The van der Waals surface area contributed by atoms with E-state index in [1.165, 1.54) is 0 Å². The highest BCUT2D eigenvalue weighted by Gasteiger charge is 2.09. The number of hydrogen-bond donors (Lipinski definition) is 2. The second-order valence-corrected chi connectivity index (χ2v) is 3.84. The van der Waals surface area contributed by atoms with Crippen LogP contribution in [-0.2, 0) is 6.42 Å². The van der Waals surface area contributed by atoms with Crippen molar-refractivity contribution in [2.75, 3.05) is 11.9 Å². The van der Waals surface area contributed by atoms with E-state index in [4.69, 9.17) is 10.3 Å². The Morgan fingerprint density at radius 1 is 1.39 bits per heavy atom. The summed E-state index contributed by atoms with van der Waals surface area (Å²) in [6.07, 6.45) is 0.796. The maximum Gasteiger partial charge on any atom is 0.328 e. The number of nitrogens with two attached hydrogens (primary N) is 1. The van der Waals surface area contributed by atoms with Gasteiger partial charge in [-0.3, -0.25) is 10.1 Å². The molecule has 0 atom stereocenters. The summed E-state index contributed by atoms with van der Waals surface area (Å²) in [4.78, 5) is 15.7. The molecule has 0 fully saturated rings. The van der Waals surface area contributed by atoms with Crippen molar-refractivity contribution in [3.63, 3.8) is 0 Å². The van der Waals surface area contributed by atoms with Crippen LogP contribution in [0.1, 0.15) is 21.7 Å². The summed E-state index contributed by atoms with van der Waals surface area (Å²) in [7, 11) is 0. The molecule has 0 aliphatic heterocycles. The zero-order valence-corrected chi connectivity index (χ0v) is 10.0. The van der Waals surface area contributed by atoms with Gasteiger partial charge in [0.1, 0.15) is 0 Å². The van der Waals surface area contributed by atoms with Gasteiger partial charge < -0.3 is 10.3 Å². The van der Waals surface area contributed by atoms with E-state index >= 15 is 0 Å². The van der Waals surface area contributed by atoms with Crippen LogP contribution in [0.5, 0.6) is 0 Å². The minimum absolute atomic E-state index is 0.100. The first-order chi connectivity index (χ1) is 8.69. The van der Waals surface area contributed by atoms with Crippen LogP contribution >= 0.6 is 0 Å². The lowest BCUT2D eigenvalue weighted by Gasteiger charge is -2.02. The zero-order chi connectivity index (χ0) is 13.0. The first kappa shape index (κ1) is 12.3. The Kier molecular flexibility index (Phi) is 3.69. The van der Waals surface area contributed by atoms with Crippen LogP contribution < -0.4 is 11.1 Å². The normalized spacial score (nSPS) is 10.3. The summed E-state index contributed by atoms with van der Waals surface area (Å²) >= 11 is 0. The standard InChI is InChI=1S/C12H14N4O2/c1-8-14-12(18-16-8)15-11(17)10-4-2-9(3-5-10)6-7-13/h2-5H,6-7,13H2,1H3,(H,14,15,16,17). The number of nitrogens with zero attached hydrogens (tertiary/aromatic N) is 2. The summed E-state index contributed by atoms with van der Waals surface area (Å²) in [5.41, 5.74) is 7.09. The van der Waals surface area contributed by atoms with Crippen LogP contribution in [-0.4, -0.2) is 22.6 Å². The van der Waals surface area contributed by atoms with E-state index in [2.05, 4.69) is 15.5 Å². The molecule has 6 nitrogen and oxygen atoms in total. The van der Waals surface area contributed by atoms with Gasteiger partial charge in [-0.05, 0) is 37.6 Å². The Morgan fingerprint density at radius 3 is 2.67 bits per heavy atom. The highest BCUT2D eigenvalue weighted by atomic mass is 16.5. The molecule has 0 unspecified atom stereocenters. The average Bonchev–Trinajstić information content (AvgIpc) is 2.76. The second-order valence-electron chi connectivity index (χ2n) is 3.84. The number of carbonyl (C=O) groups excluding carboxylic acids is 1. The number of amides is 1. The van der Waals surface area contributed by atoms with Crippen molar-refractivity contribution in [2.45, 2.75) is 13.3 Å².